The number of rotatable bonds is 2. The van der Waals surface area contributed by atoms with Crippen LogP contribution in [0.4, 0.5) is 5.82 Å². The number of hydrogen-bond acceptors (Lipinski definition) is 4. The number of aromatic nitrogens is 1. The van der Waals surface area contributed by atoms with Crippen molar-refractivity contribution in [2.24, 2.45) is 0 Å². The molecule has 0 spiro atoms. The third-order valence-electron chi connectivity index (χ3n) is 4.08. The molecule has 6 heteroatoms. The van der Waals surface area contributed by atoms with Crippen molar-refractivity contribution in [1.82, 2.24) is 9.88 Å². The van der Waals surface area contributed by atoms with Crippen molar-refractivity contribution in [2.75, 3.05) is 31.1 Å². The standard InChI is InChI=1S/C15H20BrN3O2/c1-2-3-14(20)18-5-6-19-12(10-18)4-7-21-13-8-11(16)9-17-15(13)19/h8-9,12H,2-7,10H2,1H3/t12-/m0/s1. The molecule has 0 aliphatic carbocycles. The molecule has 1 amide bonds. The molecular formula is C15H20BrN3O2. The minimum absolute atomic E-state index is 0.270. The van der Waals surface area contributed by atoms with Crippen LogP contribution in [0.3, 0.4) is 0 Å². The SMILES string of the molecule is CCCC(=O)N1CCN2c3ncc(Br)cc3OCC[C@H]2C1. The Hall–Kier alpha value is -1.30. The normalized spacial score (nSPS) is 21.1. The Bertz CT molecular complexity index is 538. The second-order valence-electron chi connectivity index (χ2n) is 5.55. The maximum absolute atomic E-state index is 12.1. The molecule has 21 heavy (non-hydrogen) atoms. The Morgan fingerprint density at radius 3 is 3.19 bits per heavy atom. The molecule has 3 heterocycles. The zero-order chi connectivity index (χ0) is 14.8. The minimum Gasteiger partial charge on any atom is -0.490 e. The Kier molecular flexibility index (Phi) is 4.33. The van der Waals surface area contributed by atoms with Crippen molar-refractivity contribution < 1.29 is 9.53 Å². The van der Waals surface area contributed by atoms with Crippen molar-refractivity contribution in [3.05, 3.63) is 16.7 Å². The number of nitrogens with zero attached hydrogens (tertiary/aromatic N) is 3. The van der Waals surface area contributed by atoms with E-state index in [4.69, 9.17) is 4.74 Å². The molecule has 1 aromatic heterocycles. The number of carbonyl (C=O) groups excluding carboxylic acids is 1. The largest absolute Gasteiger partial charge is 0.490 e. The highest BCUT2D eigenvalue weighted by Crippen LogP contribution is 2.34. The van der Waals surface area contributed by atoms with E-state index >= 15 is 0 Å². The Labute approximate surface area is 133 Å². The van der Waals surface area contributed by atoms with Crippen LogP contribution in [0, 0.1) is 0 Å². The Balaban J connectivity index is 1.79. The van der Waals surface area contributed by atoms with Gasteiger partial charge in [0.15, 0.2) is 11.6 Å². The number of fused-ring (bicyclic) bond motifs is 3. The average Bonchev–Trinajstić information content (AvgIpc) is 2.65. The highest BCUT2D eigenvalue weighted by atomic mass is 79.9. The van der Waals surface area contributed by atoms with Gasteiger partial charge in [-0.15, -0.1) is 0 Å². The summed E-state index contributed by atoms with van der Waals surface area (Å²) >= 11 is 3.44. The van der Waals surface area contributed by atoms with Crippen molar-refractivity contribution in [3.8, 4) is 5.75 Å². The van der Waals surface area contributed by atoms with Gasteiger partial charge in [-0.1, -0.05) is 6.92 Å². The molecule has 0 bridgehead atoms. The van der Waals surface area contributed by atoms with Crippen LogP contribution in [0.5, 0.6) is 5.75 Å². The summed E-state index contributed by atoms with van der Waals surface area (Å²) < 4.78 is 6.75. The van der Waals surface area contributed by atoms with Crippen molar-refractivity contribution in [2.45, 2.75) is 32.2 Å². The second kappa shape index (κ2) is 6.22. The molecule has 0 aromatic carbocycles. The van der Waals surface area contributed by atoms with E-state index in [1.165, 1.54) is 0 Å². The van der Waals surface area contributed by atoms with Crippen LogP contribution < -0.4 is 9.64 Å². The van der Waals surface area contributed by atoms with Crippen LogP contribution in [0.2, 0.25) is 0 Å². The predicted octanol–water partition coefficient (Wildman–Crippen LogP) is 2.44. The van der Waals surface area contributed by atoms with Gasteiger partial charge < -0.3 is 14.5 Å². The molecule has 0 radical (unpaired) electrons. The molecule has 114 valence electrons. The van der Waals surface area contributed by atoms with Gasteiger partial charge in [0.1, 0.15) is 0 Å². The minimum atomic E-state index is 0.270. The number of hydrogen-bond donors (Lipinski definition) is 0. The first-order valence-corrected chi connectivity index (χ1v) is 8.31. The van der Waals surface area contributed by atoms with Crippen LogP contribution in [-0.4, -0.2) is 48.1 Å². The first-order valence-electron chi connectivity index (χ1n) is 7.51. The van der Waals surface area contributed by atoms with Crippen LogP contribution >= 0.6 is 15.9 Å². The lowest BCUT2D eigenvalue weighted by Crippen LogP contribution is -2.55. The maximum Gasteiger partial charge on any atom is 0.222 e. The number of carbonyl (C=O) groups is 1. The van der Waals surface area contributed by atoms with Crippen molar-refractivity contribution in [3.63, 3.8) is 0 Å². The molecule has 1 fully saturated rings. The highest BCUT2D eigenvalue weighted by Gasteiger charge is 2.33. The molecule has 0 saturated carbocycles. The van der Waals surface area contributed by atoms with Gasteiger partial charge in [-0.3, -0.25) is 4.79 Å². The van der Waals surface area contributed by atoms with E-state index in [1.807, 2.05) is 17.9 Å². The monoisotopic (exact) mass is 353 g/mol. The van der Waals surface area contributed by atoms with E-state index in [1.54, 1.807) is 6.20 Å². The fourth-order valence-corrected chi connectivity index (χ4v) is 3.33. The summed E-state index contributed by atoms with van der Waals surface area (Å²) in [7, 11) is 0. The molecule has 3 rings (SSSR count). The molecule has 0 unspecified atom stereocenters. The van der Waals surface area contributed by atoms with E-state index < -0.39 is 0 Å². The lowest BCUT2D eigenvalue weighted by atomic mass is 10.1. The van der Waals surface area contributed by atoms with Crippen LogP contribution in [-0.2, 0) is 4.79 Å². The molecule has 1 atom stereocenters. The highest BCUT2D eigenvalue weighted by molar-refractivity contribution is 9.10. The van der Waals surface area contributed by atoms with Crippen LogP contribution in [0.15, 0.2) is 16.7 Å². The van der Waals surface area contributed by atoms with E-state index in [2.05, 4.69) is 25.8 Å². The first-order chi connectivity index (χ1) is 10.2. The Morgan fingerprint density at radius 1 is 1.52 bits per heavy atom. The first kappa shape index (κ1) is 14.6. The number of ether oxygens (including phenoxy) is 1. The summed E-state index contributed by atoms with van der Waals surface area (Å²) in [6, 6.07) is 2.27. The quantitative estimate of drug-likeness (QED) is 0.819. The summed E-state index contributed by atoms with van der Waals surface area (Å²) in [5.74, 6) is 2.01. The van der Waals surface area contributed by atoms with E-state index in [-0.39, 0.29) is 5.91 Å². The second-order valence-corrected chi connectivity index (χ2v) is 6.47. The van der Waals surface area contributed by atoms with E-state index in [0.29, 0.717) is 19.1 Å². The van der Waals surface area contributed by atoms with Crippen LogP contribution in [0.1, 0.15) is 26.2 Å². The molecule has 2 aliphatic heterocycles. The zero-order valence-corrected chi connectivity index (χ0v) is 13.8. The fraction of sp³-hybridized carbons (Fsp3) is 0.600. The lowest BCUT2D eigenvalue weighted by Gasteiger charge is -2.41. The average molecular weight is 354 g/mol. The third-order valence-corrected chi connectivity index (χ3v) is 4.51. The third kappa shape index (κ3) is 3.00. The van der Waals surface area contributed by atoms with Crippen molar-refractivity contribution in [1.29, 1.82) is 0 Å². The van der Waals surface area contributed by atoms with Crippen molar-refractivity contribution >= 4 is 27.7 Å². The van der Waals surface area contributed by atoms with Gasteiger partial charge in [-0.05, 0) is 28.4 Å². The number of pyridine rings is 1. The fourth-order valence-electron chi connectivity index (χ4n) is 3.02. The predicted molar refractivity (Wildman–Crippen MR) is 84.7 cm³/mol. The molecule has 1 saturated heterocycles. The summed E-state index contributed by atoms with van der Waals surface area (Å²) in [5, 5.41) is 0. The molecule has 5 nitrogen and oxygen atoms in total. The summed E-state index contributed by atoms with van der Waals surface area (Å²) in [4.78, 5) is 20.9. The van der Waals surface area contributed by atoms with E-state index in [9.17, 15) is 4.79 Å². The lowest BCUT2D eigenvalue weighted by molar-refractivity contribution is -0.132. The summed E-state index contributed by atoms with van der Waals surface area (Å²) in [5.41, 5.74) is 0. The number of amides is 1. The van der Waals surface area contributed by atoms with Crippen LogP contribution in [0.25, 0.3) is 0 Å². The van der Waals surface area contributed by atoms with Gasteiger partial charge >= 0.3 is 0 Å². The smallest absolute Gasteiger partial charge is 0.222 e. The number of anilines is 1. The van der Waals surface area contributed by atoms with Gasteiger partial charge in [-0.2, -0.15) is 0 Å². The van der Waals surface area contributed by atoms with Gasteiger partial charge in [-0.25, -0.2) is 4.98 Å². The molecular weight excluding hydrogens is 334 g/mol. The number of halogens is 1. The van der Waals surface area contributed by atoms with Gasteiger partial charge in [0, 0.05) is 43.1 Å². The number of piperazine rings is 1. The zero-order valence-electron chi connectivity index (χ0n) is 12.2. The van der Waals surface area contributed by atoms with Gasteiger partial charge in [0.25, 0.3) is 0 Å². The topological polar surface area (TPSA) is 45.7 Å². The molecule has 2 aliphatic rings. The van der Waals surface area contributed by atoms with Gasteiger partial charge in [0.2, 0.25) is 5.91 Å². The van der Waals surface area contributed by atoms with Gasteiger partial charge in [0.05, 0.1) is 12.6 Å². The Morgan fingerprint density at radius 2 is 2.38 bits per heavy atom. The van der Waals surface area contributed by atoms with E-state index in [0.717, 1.165) is 48.5 Å². The summed E-state index contributed by atoms with van der Waals surface area (Å²) in [6.45, 7) is 5.09. The molecule has 1 aromatic rings. The molecule has 0 N–H and O–H groups in total. The summed E-state index contributed by atoms with van der Waals surface area (Å²) in [6.07, 6.45) is 4.28. The maximum atomic E-state index is 12.1.